The Labute approximate surface area is 94.0 Å². The Bertz CT molecular complexity index is 264. The SMILES string of the molecule is CC1CC(NC(=O)NCC[C@H](O)C(=O)O)C1. The third kappa shape index (κ3) is 4.06. The summed E-state index contributed by atoms with van der Waals surface area (Å²) >= 11 is 0. The van der Waals surface area contributed by atoms with E-state index in [2.05, 4.69) is 17.6 Å². The zero-order valence-corrected chi connectivity index (χ0v) is 9.27. The molecule has 0 aromatic heterocycles. The van der Waals surface area contributed by atoms with Crippen molar-refractivity contribution in [1.82, 2.24) is 10.6 Å². The number of carbonyl (C=O) groups is 2. The van der Waals surface area contributed by atoms with Crippen molar-refractivity contribution in [3.8, 4) is 0 Å². The minimum atomic E-state index is -1.41. The molecule has 2 amide bonds. The van der Waals surface area contributed by atoms with Crippen molar-refractivity contribution < 1.29 is 19.8 Å². The topological polar surface area (TPSA) is 98.7 Å². The Morgan fingerprint density at radius 1 is 1.44 bits per heavy atom. The van der Waals surface area contributed by atoms with Gasteiger partial charge in [0.05, 0.1) is 0 Å². The van der Waals surface area contributed by atoms with Gasteiger partial charge in [0.25, 0.3) is 0 Å². The summed E-state index contributed by atoms with van der Waals surface area (Å²) in [6.45, 7) is 2.28. The van der Waals surface area contributed by atoms with E-state index >= 15 is 0 Å². The Kier molecular flexibility index (Phi) is 4.54. The zero-order chi connectivity index (χ0) is 12.1. The van der Waals surface area contributed by atoms with E-state index in [1.807, 2.05) is 0 Å². The number of aliphatic hydroxyl groups excluding tert-OH is 1. The fraction of sp³-hybridized carbons (Fsp3) is 0.800. The number of aliphatic carboxylic acids is 1. The number of urea groups is 1. The number of hydrogen-bond acceptors (Lipinski definition) is 3. The summed E-state index contributed by atoms with van der Waals surface area (Å²) in [5.74, 6) is -0.603. The highest BCUT2D eigenvalue weighted by Gasteiger charge is 2.26. The van der Waals surface area contributed by atoms with Crippen LogP contribution in [0, 0.1) is 5.92 Å². The van der Waals surface area contributed by atoms with Crippen LogP contribution < -0.4 is 10.6 Å². The minimum absolute atomic E-state index is 0.0177. The molecule has 0 heterocycles. The summed E-state index contributed by atoms with van der Waals surface area (Å²) in [4.78, 5) is 21.5. The molecule has 92 valence electrons. The quantitative estimate of drug-likeness (QED) is 0.531. The molecule has 4 N–H and O–H groups in total. The van der Waals surface area contributed by atoms with E-state index in [0.717, 1.165) is 12.8 Å². The molecule has 1 rings (SSSR count). The second-order valence-electron chi connectivity index (χ2n) is 4.32. The molecule has 1 fully saturated rings. The van der Waals surface area contributed by atoms with Crippen molar-refractivity contribution in [2.24, 2.45) is 5.92 Å². The lowest BCUT2D eigenvalue weighted by Crippen LogP contribution is -2.48. The van der Waals surface area contributed by atoms with Gasteiger partial charge in [0.1, 0.15) is 0 Å². The lowest BCUT2D eigenvalue weighted by Gasteiger charge is -2.33. The summed E-state index contributed by atoms with van der Waals surface area (Å²) in [6, 6.07) is -0.0612. The van der Waals surface area contributed by atoms with Gasteiger partial charge in [-0.3, -0.25) is 0 Å². The van der Waals surface area contributed by atoms with Crippen LogP contribution in [0.4, 0.5) is 4.79 Å². The highest BCUT2D eigenvalue weighted by molar-refractivity contribution is 5.74. The van der Waals surface area contributed by atoms with Gasteiger partial charge in [-0.25, -0.2) is 9.59 Å². The maximum atomic E-state index is 11.3. The first-order chi connectivity index (χ1) is 7.49. The van der Waals surface area contributed by atoms with Crippen LogP contribution in [0.25, 0.3) is 0 Å². The van der Waals surface area contributed by atoms with Crippen molar-refractivity contribution in [2.45, 2.75) is 38.3 Å². The normalized spacial score (nSPS) is 25.4. The number of carboxylic acid groups (broad SMARTS) is 1. The number of rotatable bonds is 5. The van der Waals surface area contributed by atoms with Crippen LogP contribution >= 0.6 is 0 Å². The third-order valence-electron chi connectivity index (χ3n) is 2.70. The van der Waals surface area contributed by atoms with Crippen LogP contribution in [-0.4, -0.2) is 40.9 Å². The van der Waals surface area contributed by atoms with Crippen molar-refractivity contribution in [1.29, 1.82) is 0 Å². The molecule has 0 aromatic carbocycles. The average Bonchev–Trinajstić information content (AvgIpc) is 2.15. The summed E-state index contributed by atoms with van der Waals surface area (Å²) in [5.41, 5.74) is 0. The minimum Gasteiger partial charge on any atom is -0.479 e. The molecule has 1 atom stereocenters. The molecular formula is C10H18N2O4. The Morgan fingerprint density at radius 2 is 2.06 bits per heavy atom. The van der Waals surface area contributed by atoms with Gasteiger partial charge in [-0.1, -0.05) is 6.92 Å². The number of hydrogen-bond donors (Lipinski definition) is 4. The Morgan fingerprint density at radius 3 is 2.56 bits per heavy atom. The van der Waals surface area contributed by atoms with Crippen LogP contribution in [0.2, 0.25) is 0 Å². The lowest BCUT2D eigenvalue weighted by molar-refractivity contribution is -0.146. The molecule has 0 aliphatic heterocycles. The molecule has 0 saturated heterocycles. The first kappa shape index (κ1) is 12.8. The number of nitrogens with one attached hydrogen (secondary N) is 2. The molecule has 1 aliphatic carbocycles. The zero-order valence-electron chi connectivity index (χ0n) is 9.27. The van der Waals surface area contributed by atoms with Crippen molar-refractivity contribution in [3.63, 3.8) is 0 Å². The van der Waals surface area contributed by atoms with E-state index < -0.39 is 12.1 Å². The van der Waals surface area contributed by atoms with Gasteiger partial charge in [0.2, 0.25) is 0 Å². The summed E-state index contributed by atoms with van der Waals surface area (Å²) < 4.78 is 0. The molecule has 1 saturated carbocycles. The van der Waals surface area contributed by atoms with Gasteiger partial charge < -0.3 is 20.8 Å². The molecule has 0 spiro atoms. The predicted molar refractivity (Wildman–Crippen MR) is 57.0 cm³/mol. The maximum Gasteiger partial charge on any atom is 0.332 e. The van der Waals surface area contributed by atoms with Crippen molar-refractivity contribution in [2.75, 3.05) is 6.54 Å². The van der Waals surface area contributed by atoms with Crippen molar-refractivity contribution in [3.05, 3.63) is 0 Å². The molecule has 0 aromatic rings. The summed E-state index contributed by atoms with van der Waals surface area (Å²) in [6.07, 6.45) is 0.587. The van der Waals surface area contributed by atoms with E-state index in [4.69, 9.17) is 10.2 Å². The first-order valence-corrected chi connectivity index (χ1v) is 5.44. The maximum absolute atomic E-state index is 11.3. The van der Waals surface area contributed by atoms with Gasteiger partial charge in [-0.05, 0) is 18.8 Å². The van der Waals surface area contributed by atoms with Crippen LogP contribution in [0.1, 0.15) is 26.2 Å². The summed E-state index contributed by atoms with van der Waals surface area (Å²) in [5, 5.41) is 22.6. The molecule has 0 bridgehead atoms. The molecular weight excluding hydrogens is 212 g/mol. The fourth-order valence-corrected chi connectivity index (χ4v) is 1.70. The number of carbonyl (C=O) groups excluding carboxylic acids is 1. The van der Waals surface area contributed by atoms with Gasteiger partial charge in [-0.2, -0.15) is 0 Å². The monoisotopic (exact) mass is 230 g/mol. The van der Waals surface area contributed by atoms with E-state index in [9.17, 15) is 9.59 Å². The van der Waals surface area contributed by atoms with Crippen LogP contribution in [-0.2, 0) is 4.79 Å². The van der Waals surface area contributed by atoms with Crippen LogP contribution in [0.15, 0.2) is 0 Å². The number of aliphatic hydroxyl groups is 1. The van der Waals surface area contributed by atoms with E-state index in [-0.39, 0.29) is 25.0 Å². The van der Waals surface area contributed by atoms with Gasteiger partial charge >= 0.3 is 12.0 Å². The molecule has 6 heteroatoms. The second kappa shape index (κ2) is 5.69. The average molecular weight is 230 g/mol. The number of amides is 2. The largest absolute Gasteiger partial charge is 0.479 e. The van der Waals surface area contributed by atoms with Crippen LogP contribution in [0.3, 0.4) is 0 Å². The molecule has 0 unspecified atom stereocenters. The van der Waals surface area contributed by atoms with E-state index in [1.54, 1.807) is 0 Å². The molecule has 16 heavy (non-hydrogen) atoms. The van der Waals surface area contributed by atoms with E-state index in [0.29, 0.717) is 5.92 Å². The highest BCUT2D eigenvalue weighted by atomic mass is 16.4. The fourth-order valence-electron chi connectivity index (χ4n) is 1.70. The molecule has 6 nitrogen and oxygen atoms in total. The van der Waals surface area contributed by atoms with E-state index in [1.165, 1.54) is 0 Å². The van der Waals surface area contributed by atoms with Crippen LogP contribution in [0.5, 0.6) is 0 Å². The molecule has 0 radical (unpaired) electrons. The Hall–Kier alpha value is -1.30. The first-order valence-electron chi connectivity index (χ1n) is 5.44. The number of carboxylic acids is 1. The smallest absolute Gasteiger partial charge is 0.332 e. The van der Waals surface area contributed by atoms with Gasteiger partial charge in [-0.15, -0.1) is 0 Å². The van der Waals surface area contributed by atoms with Crippen molar-refractivity contribution >= 4 is 12.0 Å². The van der Waals surface area contributed by atoms with Gasteiger partial charge in [0.15, 0.2) is 6.10 Å². The Balaban J connectivity index is 2.04. The molecule has 1 aliphatic rings. The summed E-state index contributed by atoms with van der Waals surface area (Å²) in [7, 11) is 0. The predicted octanol–water partition coefficient (Wildman–Crippen LogP) is -0.0803. The third-order valence-corrected chi connectivity index (χ3v) is 2.70. The van der Waals surface area contributed by atoms with Gasteiger partial charge in [0, 0.05) is 19.0 Å². The lowest BCUT2D eigenvalue weighted by atomic mass is 9.82. The second-order valence-corrected chi connectivity index (χ2v) is 4.32. The standard InChI is InChI=1S/C10H18N2O4/c1-6-4-7(5-6)12-10(16)11-3-2-8(13)9(14)15/h6-8,13H,2-5H2,1H3,(H,14,15)(H2,11,12,16)/t6?,7?,8-/m0/s1. The highest BCUT2D eigenvalue weighted by Crippen LogP contribution is 2.25.